The van der Waals surface area contributed by atoms with Gasteiger partial charge in [-0.1, -0.05) is 35.9 Å². The zero-order valence-electron chi connectivity index (χ0n) is 14.0. The van der Waals surface area contributed by atoms with Crippen molar-refractivity contribution in [2.45, 2.75) is 18.1 Å². The summed E-state index contributed by atoms with van der Waals surface area (Å²) in [6.45, 7) is 0. The average Bonchev–Trinajstić information content (AvgIpc) is 3.02. The van der Waals surface area contributed by atoms with Gasteiger partial charge in [-0.3, -0.25) is 9.69 Å². The van der Waals surface area contributed by atoms with Gasteiger partial charge in [0.15, 0.2) is 5.72 Å². The Hall–Kier alpha value is -2.33. The van der Waals surface area contributed by atoms with Crippen molar-refractivity contribution in [3.63, 3.8) is 0 Å². The molecule has 0 unspecified atom stereocenters. The van der Waals surface area contributed by atoms with Crippen LogP contribution in [0.15, 0.2) is 59.1 Å². The van der Waals surface area contributed by atoms with Crippen molar-refractivity contribution in [2.24, 2.45) is 0 Å². The second kappa shape index (κ2) is 6.68. The number of carbonyl (C=O) groups is 1. The predicted molar refractivity (Wildman–Crippen MR) is 101 cm³/mol. The highest BCUT2D eigenvalue weighted by Gasteiger charge is 2.51. The molecule has 2 aromatic rings. The Balaban J connectivity index is 1.79. The maximum Gasteiger partial charge on any atom is 0.231 e. The van der Waals surface area contributed by atoms with E-state index in [-0.39, 0.29) is 24.0 Å². The van der Waals surface area contributed by atoms with Crippen molar-refractivity contribution in [1.29, 1.82) is 5.26 Å². The molecule has 0 radical (unpaired) electrons. The molecule has 1 amide bonds. The smallest absolute Gasteiger partial charge is 0.231 e. The molecule has 1 N–H and O–H groups in total. The van der Waals surface area contributed by atoms with Crippen LogP contribution in [0.5, 0.6) is 0 Å². The SMILES string of the molecule is N#CC1=C2SC[C@](O)(c3ccc(F)cc3)N2C(=O)C[C@@H]1c1ccc(Cl)cc1. The fraction of sp³-hybridized carbons (Fsp3) is 0.200. The normalized spacial score (nSPS) is 24.7. The van der Waals surface area contributed by atoms with Crippen LogP contribution >= 0.6 is 23.4 Å². The van der Waals surface area contributed by atoms with E-state index in [0.29, 0.717) is 21.2 Å². The highest BCUT2D eigenvalue weighted by Crippen LogP contribution is 2.51. The molecule has 2 aliphatic rings. The minimum absolute atomic E-state index is 0.0675. The van der Waals surface area contributed by atoms with E-state index in [1.807, 2.05) is 0 Å². The molecule has 7 heteroatoms. The Morgan fingerprint density at radius 2 is 1.89 bits per heavy atom. The number of benzene rings is 2. The molecule has 136 valence electrons. The van der Waals surface area contributed by atoms with E-state index in [2.05, 4.69) is 6.07 Å². The molecule has 2 aromatic carbocycles. The van der Waals surface area contributed by atoms with Gasteiger partial charge in [0.1, 0.15) is 5.82 Å². The molecule has 27 heavy (non-hydrogen) atoms. The summed E-state index contributed by atoms with van der Waals surface area (Å²) in [5, 5.41) is 22.0. The van der Waals surface area contributed by atoms with Gasteiger partial charge in [0, 0.05) is 22.9 Å². The third kappa shape index (κ3) is 2.92. The number of allylic oxidation sites excluding steroid dienone is 1. The molecule has 4 nitrogen and oxygen atoms in total. The van der Waals surface area contributed by atoms with E-state index in [1.54, 1.807) is 24.3 Å². The van der Waals surface area contributed by atoms with Crippen molar-refractivity contribution >= 4 is 29.3 Å². The maximum atomic E-state index is 13.3. The number of aliphatic hydroxyl groups is 1. The number of rotatable bonds is 2. The third-order valence-electron chi connectivity index (χ3n) is 4.89. The molecule has 0 aliphatic carbocycles. The van der Waals surface area contributed by atoms with Crippen LogP contribution in [0.1, 0.15) is 23.5 Å². The number of amides is 1. The summed E-state index contributed by atoms with van der Waals surface area (Å²) < 4.78 is 13.3. The first-order valence-electron chi connectivity index (χ1n) is 8.28. The summed E-state index contributed by atoms with van der Waals surface area (Å²) in [6, 6.07) is 14.7. The number of nitriles is 1. The van der Waals surface area contributed by atoms with Gasteiger partial charge in [-0.25, -0.2) is 4.39 Å². The Bertz CT molecular complexity index is 985. The van der Waals surface area contributed by atoms with Crippen LogP contribution in [0.3, 0.4) is 0 Å². The van der Waals surface area contributed by atoms with Crippen molar-refractivity contribution in [2.75, 3.05) is 5.75 Å². The largest absolute Gasteiger partial charge is 0.366 e. The number of hydrogen-bond acceptors (Lipinski definition) is 4. The second-order valence-electron chi connectivity index (χ2n) is 6.48. The Labute approximate surface area is 164 Å². The van der Waals surface area contributed by atoms with E-state index in [9.17, 15) is 19.6 Å². The molecule has 0 saturated carbocycles. The fourth-order valence-electron chi connectivity index (χ4n) is 3.54. The van der Waals surface area contributed by atoms with E-state index in [4.69, 9.17) is 11.6 Å². The molecule has 1 fully saturated rings. The van der Waals surface area contributed by atoms with Gasteiger partial charge in [0.25, 0.3) is 0 Å². The monoisotopic (exact) mass is 400 g/mol. The lowest BCUT2D eigenvalue weighted by Gasteiger charge is -2.38. The van der Waals surface area contributed by atoms with Gasteiger partial charge < -0.3 is 5.11 Å². The van der Waals surface area contributed by atoms with Crippen LogP contribution in [0.2, 0.25) is 5.02 Å². The molecule has 1 saturated heterocycles. The molecule has 2 aliphatic heterocycles. The summed E-state index contributed by atoms with van der Waals surface area (Å²) in [5.74, 6) is -0.901. The molecule has 0 bridgehead atoms. The van der Waals surface area contributed by atoms with Crippen molar-refractivity contribution in [3.8, 4) is 6.07 Å². The third-order valence-corrected chi connectivity index (χ3v) is 6.36. The first-order valence-corrected chi connectivity index (χ1v) is 9.64. The van der Waals surface area contributed by atoms with E-state index < -0.39 is 11.5 Å². The lowest BCUT2D eigenvalue weighted by atomic mass is 9.85. The van der Waals surface area contributed by atoms with E-state index >= 15 is 0 Å². The zero-order valence-corrected chi connectivity index (χ0v) is 15.6. The van der Waals surface area contributed by atoms with Gasteiger partial charge in [-0.2, -0.15) is 5.26 Å². The number of fused-ring (bicyclic) bond motifs is 1. The fourth-order valence-corrected chi connectivity index (χ4v) is 5.02. The minimum Gasteiger partial charge on any atom is -0.366 e. The number of hydrogen-bond donors (Lipinski definition) is 1. The molecule has 2 heterocycles. The summed E-state index contributed by atoms with van der Waals surface area (Å²) >= 11 is 7.20. The minimum atomic E-state index is -1.60. The molecule has 0 aromatic heterocycles. The highest BCUT2D eigenvalue weighted by molar-refractivity contribution is 8.03. The van der Waals surface area contributed by atoms with Gasteiger partial charge in [-0.05, 0) is 29.8 Å². The Morgan fingerprint density at radius 3 is 2.52 bits per heavy atom. The summed E-state index contributed by atoms with van der Waals surface area (Å²) in [4.78, 5) is 14.2. The van der Waals surface area contributed by atoms with Crippen molar-refractivity contribution in [1.82, 2.24) is 4.90 Å². The topological polar surface area (TPSA) is 64.3 Å². The molecule has 4 rings (SSSR count). The number of nitrogens with zero attached hydrogens (tertiary/aromatic N) is 2. The van der Waals surface area contributed by atoms with Crippen LogP contribution in [0.4, 0.5) is 4.39 Å². The maximum absolute atomic E-state index is 13.3. The summed E-state index contributed by atoms with van der Waals surface area (Å²) in [7, 11) is 0. The lowest BCUT2D eigenvalue weighted by molar-refractivity contribution is -0.149. The van der Waals surface area contributed by atoms with Crippen LogP contribution < -0.4 is 0 Å². The van der Waals surface area contributed by atoms with E-state index in [1.165, 1.54) is 40.9 Å². The first kappa shape index (κ1) is 18.1. The van der Waals surface area contributed by atoms with Gasteiger partial charge in [0.2, 0.25) is 5.91 Å². The summed E-state index contributed by atoms with van der Waals surface area (Å²) in [5.41, 5.74) is 0.0916. The molecule has 0 spiro atoms. The van der Waals surface area contributed by atoms with Crippen LogP contribution in [0.25, 0.3) is 0 Å². The number of halogens is 2. The van der Waals surface area contributed by atoms with Gasteiger partial charge in [0.05, 0.1) is 22.4 Å². The standard InChI is InChI=1S/C20H14ClFN2O2S/c21-14-5-1-12(2-6-14)16-9-18(25)24-19(17(16)10-23)27-11-20(24,26)13-3-7-15(22)8-4-13/h1-8,16,26H,9,11H2/t16-,20+/m1/s1. The molecular formula is C20H14ClFN2O2S. The van der Waals surface area contributed by atoms with Crippen LogP contribution in [-0.2, 0) is 10.5 Å². The van der Waals surface area contributed by atoms with Crippen molar-refractivity contribution < 1.29 is 14.3 Å². The predicted octanol–water partition coefficient (Wildman–Crippen LogP) is 4.12. The second-order valence-corrected chi connectivity index (χ2v) is 7.88. The zero-order chi connectivity index (χ0) is 19.2. The van der Waals surface area contributed by atoms with Gasteiger partial charge >= 0.3 is 0 Å². The Kier molecular flexibility index (Phi) is 4.47. The van der Waals surface area contributed by atoms with Crippen LogP contribution in [0, 0.1) is 17.1 Å². The number of thioether (sulfide) groups is 1. The van der Waals surface area contributed by atoms with Crippen molar-refractivity contribution in [3.05, 3.63) is 81.1 Å². The van der Waals surface area contributed by atoms with Crippen LogP contribution in [-0.4, -0.2) is 21.7 Å². The molecular weight excluding hydrogens is 387 g/mol. The summed E-state index contributed by atoms with van der Waals surface area (Å²) in [6.07, 6.45) is 0.0675. The molecule has 2 atom stereocenters. The average molecular weight is 401 g/mol. The highest BCUT2D eigenvalue weighted by atomic mass is 35.5. The Morgan fingerprint density at radius 1 is 1.22 bits per heavy atom. The lowest BCUT2D eigenvalue weighted by Crippen LogP contribution is -2.48. The number of carbonyl (C=O) groups excluding carboxylic acids is 1. The first-order chi connectivity index (χ1) is 12.9. The van der Waals surface area contributed by atoms with Gasteiger partial charge in [-0.15, -0.1) is 11.8 Å². The van der Waals surface area contributed by atoms with E-state index in [0.717, 1.165) is 5.56 Å². The quantitative estimate of drug-likeness (QED) is 0.823.